The molecule has 0 saturated heterocycles. The minimum Gasteiger partial charge on any atom is -0.495 e. The first-order valence-corrected chi connectivity index (χ1v) is 9.43. The number of methoxy groups -OCH3 is 1. The number of nitrogens with one attached hydrogen (secondary N) is 1. The van der Waals surface area contributed by atoms with E-state index in [-0.39, 0.29) is 12.5 Å². The lowest BCUT2D eigenvalue weighted by Gasteiger charge is -2.10. The average Bonchev–Trinajstić information content (AvgIpc) is 3.04. The van der Waals surface area contributed by atoms with Crippen molar-refractivity contribution in [2.45, 2.75) is 20.4 Å². The molecule has 4 rings (SSSR count). The normalized spacial score (nSPS) is 10.9. The molecule has 0 fully saturated rings. The highest BCUT2D eigenvalue weighted by atomic mass is 16.5. The number of carbonyl (C=O) groups is 1. The average molecular weight is 403 g/mol. The second kappa shape index (κ2) is 7.82. The Labute approximate surface area is 172 Å². The van der Waals surface area contributed by atoms with E-state index in [0.717, 1.165) is 15.8 Å². The first-order chi connectivity index (χ1) is 14.5. The summed E-state index contributed by atoms with van der Waals surface area (Å²) in [7, 11) is 1.53. The summed E-state index contributed by atoms with van der Waals surface area (Å²) in [4.78, 5) is 29.9. The number of nitrogens with zero attached hydrogens (tertiary/aromatic N) is 4. The maximum atomic E-state index is 12.8. The molecule has 8 heteroatoms. The highest BCUT2D eigenvalue weighted by Crippen LogP contribution is 2.25. The molecule has 2 aromatic carbocycles. The van der Waals surface area contributed by atoms with E-state index in [4.69, 9.17) is 4.74 Å². The standard InChI is InChI=1S/C22H21N5O3/c1-14-9-10-19(30-3)18(11-14)24-21(28)13-26-22(29)27-15(2)23-17(12-20(27)25-26)16-7-5-4-6-8-16/h4-12H,13H2,1-3H3,(H,24,28). The van der Waals surface area contributed by atoms with Crippen LogP contribution >= 0.6 is 0 Å². The maximum absolute atomic E-state index is 12.8. The monoisotopic (exact) mass is 403 g/mol. The number of amides is 1. The van der Waals surface area contributed by atoms with Gasteiger partial charge in [-0.2, -0.15) is 0 Å². The van der Waals surface area contributed by atoms with E-state index in [2.05, 4.69) is 15.4 Å². The van der Waals surface area contributed by atoms with Crippen LogP contribution in [0, 0.1) is 13.8 Å². The molecule has 2 aromatic heterocycles. The summed E-state index contributed by atoms with van der Waals surface area (Å²) in [5, 5.41) is 7.12. The third kappa shape index (κ3) is 3.67. The third-order valence-corrected chi connectivity index (χ3v) is 4.73. The first kappa shape index (κ1) is 19.4. The lowest BCUT2D eigenvalue weighted by molar-refractivity contribution is -0.117. The van der Waals surface area contributed by atoms with Crippen molar-refractivity contribution in [3.8, 4) is 17.0 Å². The van der Waals surface area contributed by atoms with Crippen LogP contribution < -0.4 is 15.7 Å². The van der Waals surface area contributed by atoms with Gasteiger partial charge in [-0.05, 0) is 31.5 Å². The van der Waals surface area contributed by atoms with E-state index in [9.17, 15) is 9.59 Å². The molecule has 0 spiro atoms. The Bertz CT molecular complexity index is 1290. The van der Waals surface area contributed by atoms with Crippen molar-refractivity contribution in [2.75, 3.05) is 12.4 Å². The largest absolute Gasteiger partial charge is 0.495 e. The molecule has 152 valence electrons. The predicted molar refractivity (Wildman–Crippen MR) is 114 cm³/mol. The molecule has 0 saturated carbocycles. The maximum Gasteiger partial charge on any atom is 0.352 e. The fourth-order valence-corrected chi connectivity index (χ4v) is 3.31. The number of rotatable bonds is 5. The SMILES string of the molecule is COc1ccc(C)cc1NC(=O)Cn1nc2cc(-c3ccccc3)nc(C)n2c1=O. The van der Waals surface area contributed by atoms with Crippen LogP contribution in [0.3, 0.4) is 0 Å². The smallest absolute Gasteiger partial charge is 0.352 e. The van der Waals surface area contributed by atoms with Gasteiger partial charge in [-0.15, -0.1) is 5.10 Å². The Morgan fingerprint density at radius 1 is 1.10 bits per heavy atom. The van der Waals surface area contributed by atoms with Gasteiger partial charge in [0.2, 0.25) is 5.91 Å². The molecule has 0 aliphatic carbocycles. The van der Waals surface area contributed by atoms with Crippen molar-refractivity contribution < 1.29 is 9.53 Å². The predicted octanol–water partition coefficient (Wildman–Crippen LogP) is 2.82. The topological polar surface area (TPSA) is 90.5 Å². The molecule has 1 N–H and O–H groups in total. The Hall–Kier alpha value is -3.94. The lowest BCUT2D eigenvalue weighted by atomic mass is 10.1. The molecule has 2 heterocycles. The zero-order chi connectivity index (χ0) is 21.3. The van der Waals surface area contributed by atoms with Crippen molar-refractivity contribution in [1.29, 1.82) is 0 Å². The van der Waals surface area contributed by atoms with Gasteiger partial charge < -0.3 is 10.1 Å². The van der Waals surface area contributed by atoms with Crippen LogP contribution in [-0.4, -0.2) is 32.2 Å². The number of anilines is 1. The summed E-state index contributed by atoms with van der Waals surface area (Å²) in [6, 6.07) is 16.9. The molecular weight excluding hydrogens is 382 g/mol. The van der Waals surface area contributed by atoms with Crippen LogP contribution in [0.5, 0.6) is 5.75 Å². The molecule has 30 heavy (non-hydrogen) atoms. The van der Waals surface area contributed by atoms with Crippen LogP contribution in [0.2, 0.25) is 0 Å². The van der Waals surface area contributed by atoms with E-state index >= 15 is 0 Å². The Morgan fingerprint density at radius 3 is 2.60 bits per heavy atom. The van der Waals surface area contributed by atoms with Crippen LogP contribution in [0.15, 0.2) is 59.4 Å². The first-order valence-electron chi connectivity index (χ1n) is 9.43. The fourth-order valence-electron chi connectivity index (χ4n) is 3.31. The number of hydrogen-bond donors (Lipinski definition) is 1. The highest BCUT2D eigenvalue weighted by Gasteiger charge is 2.15. The molecule has 1 amide bonds. The number of fused-ring (bicyclic) bond motifs is 1. The number of aromatic nitrogens is 4. The highest BCUT2D eigenvalue weighted by molar-refractivity contribution is 5.92. The quantitative estimate of drug-likeness (QED) is 0.553. The van der Waals surface area contributed by atoms with Gasteiger partial charge in [0.25, 0.3) is 0 Å². The summed E-state index contributed by atoms with van der Waals surface area (Å²) in [6.45, 7) is 3.43. The van der Waals surface area contributed by atoms with Gasteiger partial charge in [0.1, 0.15) is 18.1 Å². The minimum atomic E-state index is -0.416. The van der Waals surface area contributed by atoms with Gasteiger partial charge in [-0.25, -0.2) is 18.9 Å². The molecule has 0 aliphatic heterocycles. The van der Waals surface area contributed by atoms with Gasteiger partial charge in [0.05, 0.1) is 18.5 Å². The molecule has 0 radical (unpaired) electrons. The van der Waals surface area contributed by atoms with Gasteiger partial charge in [-0.3, -0.25) is 4.79 Å². The van der Waals surface area contributed by atoms with Crippen molar-refractivity contribution in [2.24, 2.45) is 0 Å². The van der Waals surface area contributed by atoms with Crippen molar-refractivity contribution in [3.63, 3.8) is 0 Å². The van der Waals surface area contributed by atoms with Crippen molar-refractivity contribution in [3.05, 3.63) is 76.5 Å². The van der Waals surface area contributed by atoms with Crippen LogP contribution in [0.1, 0.15) is 11.4 Å². The summed E-state index contributed by atoms with van der Waals surface area (Å²) < 4.78 is 7.81. The van der Waals surface area contributed by atoms with E-state index in [1.54, 1.807) is 19.1 Å². The Morgan fingerprint density at radius 2 is 1.87 bits per heavy atom. The third-order valence-electron chi connectivity index (χ3n) is 4.73. The van der Waals surface area contributed by atoms with Gasteiger partial charge >= 0.3 is 5.69 Å². The molecule has 4 aromatic rings. The summed E-state index contributed by atoms with van der Waals surface area (Å²) in [5.41, 5.74) is 3.18. The zero-order valence-corrected chi connectivity index (χ0v) is 16.9. The van der Waals surface area contributed by atoms with Crippen LogP contribution in [0.25, 0.3) is 16.9 Å². The van der Waals surface area contributed by atoms with Crippen molar-refractivity contribution in [1.82, 2.24) is 19.2 Å². The van der Waals surface area contributed by atoms with E-state index < -0.39 is 5.69 Å². The second-order valence-corrected chi connectivity index (χ2v) is 6.94. The molecule has 0 bridgehead atoms. The van der Waals surface area contributed by atoms with Crippen LogP contribution in [0.4, 0.5) is 5.69 Å². The molecule has 0 atom stereocenters. The van der Waals surface area contributed by atoms with Gasteiger partial charge in [0.15, 0.2) is 5.65 Å². The Kier molecular flexibility index (Phi) is 5.05. The molecule has 0 unspecified atom stereocenters. The molecule has 8 nitrogen and oxygen atoms in total. The van der Waals surface area contributed by atoms with Gasteiger partial charge in [0, 0.05) is 11.6 Å². The van der Waals surface area contributed by atoms with Crippen LogP contribution in [-0.2, 0) is 11.3 Å². The molecular formula is C22H21N5O3. The van der Waals surface area contributed by atoms with Gasteiger partial charge in [-0.1, -0.05) is 36.4 Å². The number of carbonyl (C=O) groups excluding carboxylic acids is 1. The number of hydrogen-bond acceptors (Lipinski definition) is 5. The fraction of sp³-hybridized carbons (Fsp3) is 0.182. The summed E-state index contributed by atoms with van der Waals surface area (Å²) in [5.74, 6) is 0.672. The molecule has 0 aliphatic rings. The lowest BCUT2D eigenvalue weighted by Crippen LogP contribution is -2.29. The van der Waals surface area contributed by atoms with E-state index in [1.807, 2.05) is 49.4 Å². The summed E-state index contributed by atoms with van der Waals surface area (Å²) >= 11 is 0. The minimum absolute atomic E-state index is 0.224. The number of aryl methyl sites for hydroxylation is 2. The van der Waals surface area contributed by atoms with E-state index in [0.29, 0.717) is 28.6 Å². The second-order valence-electron chi connectivity index (χ2n) is 6.94. The van der Waals surface area contributed by atoms with Crippen molar-refractivity contribution >= 4 is 17.2 Å². The number of ether oxygens (including phenoxy) is 1. The summed E-state index contributed by atoms with van der Waals surface area (Å²) in [6.07, 6.45) is 0. The van der Waals surface area contributed by atoms with E-state index in [1.165, 1.54) is 11.5 Å². The number of benzene rings is 2. The Balaban J connectivity index is 1.64. The zero-order valence-electron chi connectivity index (χ0n) is 16.9.